The molecule has 0 saturated heterocycles. The molecule has 102 valence electrons. The first kappa shape index (κ1) is 14.1. The van der Waals surface area contributed by atoms with Gasteiger partial charge in [0.05, 0.1) is 0 Å². The highest BCUT2D eigenvalue weighted by molar-refractivity contribution is 5.73. The number of allylic oxidation sites excluding steroid dienone is 10. The van der Waals surface area contributed by atoms with Gasteiger partial charge >= 0.3 is 0 Å². The second kappa shape index (κ2) is 5.00. The van der Waals surface area contributed by atoms with Crippen molar-refractivity contribution in [2.45, 2.75) is 48.0 Å². The Morgan fingerprint density at radius 3 is 1.32 bits per heavy atom. The highest BCUT2D eigenvalue weighted by Gasteiger charge is 2.59. The van der Waals surface area contributed by atoms with Gasteiger partial charge in [-0.25, -0.2) is 0 Å². The van der Waals surface area contributed by atoms with Crippen molar-refractivity contribution in [3.05, 3.63) is 58.2 Å². The fraction of sp³-hybridized carbons (Fsp3) is 0.474. The van der Waals surface area contributed by atoms with E-state index in [9.17, 15) is 0 Å². The zero-order valence-electron chi connectivity index (χ0n) is 13.2. The molecule has 2 unspecified atom stereocenters. The van der Waals surface area contributed by atoms with E-state index >= 15 is 0 Å². The van der Waals surface area contributed by atoms with Gasteiger partial charge in [-0.2, -0.15) is 0 Å². The minimum Gasteiger partial charge on any atom is -0.0829 e. The molecule has 0 nitrogen and oxygen atoms in total. The third-order valence-corrected chi connectivity index (χ3v) is 4.87. The van der Waals surface area contributed by atoms with Crippen LogP contribution in [0.5, 0.6) is 0 Å². The van der Waals surface area contributed by atoms with E-state index < -0.39 is 0 Å². The monoisotopic (exact) mass is 254 g/mol. The maximum Gasteiger partial charge on any atom is 0.0237 e. The average molecular weight is 254 g/mol. The average Bonchev–Trinajstić information content (AvgIpc) is 3.08. The second-order valence-electron chi connectivity index (χ2n) is 5.59. The molecule has 2 aliphatic carbocycles. The van der Waals surface area contributed by atoms with Gasteiger partial charge in [-0.05, 0) is 74.8 Å². The Hall–Kier alpha value is -1.30. The van der Waals surface area contributed by atoms with Crippen molar-refractivity contribution < 1.29 is 0 Å². The Bertz CT molecular complexity index is 494. The summed E-state index contributed by atoms with van der Waals surface area (Å²) in [5.74, 6) is 0.758. The van der Waals surface area contributed by atoms with Crippen molar-refractivity contribution in [2.24, 2.45) is 11.3 Å². The molecule has 0 aromatic heterocycles. The molecule has 0 heteroatoms. The summed E-state index contributed by atoms with van der Waals surface area (Å²) >= 11 is 0. The molecule has 0 amide bonds. The zero-order chi connectivity index (χ0) is 14.2. The van der Waals surface area contributed by atoms with Gasteiger partial charge in [0.2, 0.25) is 0 Å². The highest BCUT2D eigenvalue weighted by atomic mass is 14.6. The summed E-state index contributed by atoms with van der Waals surface area (Å²) in [6, 6.07) is 0. The summed E-state index contributed by atoms with van der Waals surface area (Å²) in [4.78, 5) is 0. The summed E-state index contributed by atoms with van der Waals surface area (Å²) in [5.41, 5.74) is 7.64. The molecule has 0 bridgehead atoms. The molecule has 0 heterocycles. The lowest BCUT2D eigenvalue weighted by Crippen LogP contribution is -2.22. The molecule has 0 N–H and O–H groups in total. The Balaban J connectivity index is 2.74. The maximum absolute atomic E-state index is 2.38. The molecule has 0 aromatic carbocycles. The fourth-order valence-corrected chi connectivity index (χ4v) is 3.99. The summed E-state index contributed by atoms with van der Waals surface area (Å²) < 4.78 is 0. The van der Waals surface area contributed by atoms with Crippen LogP contribution in [0.25, 0.3) is 0 Å². The first-order valence-corrected chi connectivity index (χ1v) is 7.46. The van der Waals surface area contributed by atoms with E-state index in [0.717, 1.165) is 5.92 Å². The number of hydrogen-bond donors (Lipinski definition) is 0. The fourth-order valence-electron chi connectivity index (χ4n) is 3.99. The largest absolute Gasteiger partial charge is 0.0829 e. The lowest BCUT2D eigenvalue weighted by atomic mass is 9.67. The maximum atomic E-state index is 2.38. The van der Waals surface area contributed by atoms with Crippen molar-refractivity contribution in [1.82, 2.24) is 0 Å². The van der Waals surface area contributed by atoms with Crippen molar-refractivity contribution in [3.63, 3.8) is 0 Å². The Labute approximate surface area is 118 Å². The molecule has 1 spiro atoms. The minimum absolute atomic E-state index is 0.291. The van der Waals surface area contributed by atoms with Crippen LogP contribution in [-0.4, -0.2) is 0 Å². The van der Waals surface area contributed by atoms with Gasteiger partial charge in [0.1, 0.15) is 0 Å². The van der Waals surface area contributed by atoms with Gasteiger partial charge in [-0.15, -0.1) is 0 Å². The number of hydrogen-bond acceptors (Lipinski definition) is 0. The Morgan fingerprint density at radius 2 is 1.11 bits per heavy atom. The third-order valence-electron chi connectivity index (χ3n) is 4.87. The molecule has 2 atom stereocenters. The van der Waals surface area contributed by atoms with E-state index in [1.165, 1.54) is 34.3 Å². The van der Waals surface area contributed by atoms with Crippen LogP contribution in [0.15, 0.2) is 58.2 Å². The van der Waals surface area contributed by atoms with E-state index in [1.807, 2.05) is 0 Å². The van der Waals surface area contributed by atoms with E-state index in [2.05, 4.69) is 71.9 Å². The first-order valence-electron chi connectivity index (χ1n) is 7.46. The molecule has 2 fully saturated rings. The van der Waals surface area contributed by atoms with Crippen LogP contribution >= 0.6 is 0 Å². The lowest BCUT2D eigenvalue weighted by Gasteiger charge is -2.36. The minimum atomic E-state index is 0.291. The Kier molecular flexibility index (Phi) is 3.71. The van der Waals surface area contributed by atoms with Crippen molar-refractivity contribution in [1.29, 1.82) is 0 Å². The topological polar surface area (TPSA) is 0 Å². The normalized spacial score (nSPS) is 41.2. The predicted octanol–water partition coefficient (Wildman–Crippen LogP) is 5.76. The lowest BCUT2D eigenvalue weighted by molar-refractivity contribution is 0.650. The van der Waals surface area contributed by atoms with Gasteiger partial charge in [-0.3, -0.25) is 0 Å². The SMILES string of the molecule is CC=C1C(=C\C)/C(=C\C)C2(CC2C)C(=C\C)/C1=C\C. The van der Waals surface area contributed by atoms with Crippen LogP contribution < -0.4 is 0 Å². The van der Waals surface area contributed by atoms with E-state index in [4.69, 9.17) is 0 Å². The van der Waals surface area contributed by atoms with Crippen molar-refractivity contribution >= 4 is 0 Å². The summed E-state index contributed by atoms with van der Waals surface area (Å²) in [7, 11) is 0. The molecule has 19 heavy (non-hydrogen) atoms. The molecule has 2 aliphatic rings. The highest BCUT2D eigenvalue weighted by Crippen LogP contribution is 2.69. The van der Waals surface area contributed by atoms with Crippen LogP contribution in [-0.2, 0) is 0 Å². The van der Waals surface area contributed by atoms with Crippen LogP contribution in [0, 0.1) is 11.3 Å². The Morgan fingerprint density at radius 1 is 0.737 bits per heavy atom. The quantitative estimate of drug-likeness (QED) is 0.515. The third kappa shape index (κ3) is 1.73. The molecular formula is C19H26. The molecule has 2 rings (SSSR count). The van der Waals surface area contributed by atoms with Crippen molar-refractivity contribution in [2.75, 3.05) is 0 Å². The standard InChI is InChI=1S/C19H26/c1-7-14-15(8-2)17(10-4)19(12-13(19)6)18(11-5)16(14)9-3/h7-11,13H,12H2,1-6H3/b14-7?,15-8-,16-9+,17-10-,18-11+. The molecule has 0 radical (unpaired) electrons. The number of rotatable bonds is 0. The van der Waals surface area contributed by atoms with Crippen LogP contribution in [0.4, 0.5) is 0 Å². The van der Waals surface area contributed by atoms with Gasteiger partial charge in [-0.1, -0.05) is 37.3 Å². The second-order valence-corrected chi connectivity index (χ2v) is 5.59. The van der Waals surface area contributed by atoms with Crippen molar-refractivity contribution in [3.8, 4) is 0 Å². The molecule has 2 saturated carbocycles. The van der Waals surface area contributed by atoms with E-state index in [-0.39, 0.29) is 0 Å². The smallest absolute Gasteiger partial charge is 0.0237 e. The van der Waals surface area contributed by atoms with E-state index in [0.29, 0.717) is 5.41 Å². The van der Waals surface area contributed by atoms with Gasteiger partial charge in [0.15, 0.2) is 0 Å². The zero-order valence-corrected chi connectivity index (χ0v) is 13.2. The van der Waals surface area contributed by atoms with Gasteiger partial charge in [0, 0.05) is 5.41 Å². The summed E-state index contributed by atoms with van der Waals surface area (Å²) in [5, 5.41) is 0. The van der Waals surface area contributed by atoms with Gasteiger partial charge < -0.3 is 0 Å². The summed E-state index contributed by atoms with van der Waals surface area (Å²) in [6.45, 7) is 13.2. The van der Waals surface area contributed by atoms with Gasteiger partial charge in [0.25, 0.3) is 0 Å². The van der Waals surface area contributed by atoms with Crippen LogP contribution in [0.2, 0.25) is 0 Å². The molecule has 0 aromatic rings. The first-order chi connectivity index (χ1) is 9.12. The molecular weight excluding hydrogens is 228 g/mol. The predicted molar refractivity (Wildman–Crippen MR) is 85.0 cm³/mol. The molecule has 0 aliphatic heterocycles. The summed E-state index contributed by atoms with van der Waals surface area (Å²) in [6.07, 6.45) is 12.8. The van der Waals surface area contributed by atoms with E-state index in [1.54, 1.807) is 0 Å². The van der Waals surface area contributed by atoms with Crippen LogP contribution in [0.1, 0.15) is 48.0 Å². The van der Waals surface area contributed by atoms with Crippen LogP contribution in [0.3, 0.4) is 0 Å².